The standard InChI is InChI=1S/C19H13N5/c20-12-15-8-11-17(13-4-2-1-3-5-13)24-19(15)22-18(23-24)14-6-9-16(21)10-7-14/h1-11H,21H2. The molecule has 0 saturated heterocycles. The molecule has 24 heavy (non-hydrogen) atoms. The van der Waals surface area contributed by atoms with Crippen LogP contribution < -0.4 is 5.73 Å². The fourth-order valence-electron chi connectivity index (χ4n) is 2.63. The number of anilines is 1. The second-order valence-electron chi connectivity index (χ2n) is 5.40. The Hall–Kier alpha value is -3.65. The third kappa shape index (κ3) is 2.27. The summed E-state index contributed by atoms with van der Waals surface area (Å²) in [5.74, 6) is 0.565. The molecule has 0 aliphatic carbocycles. The Morgan fingerprint density at radius 3 is 2.33 bits per heavy atom. The van der Waals surface area contributed by atoms with Gasteiger partial charge in [0.15, 0.2) is 11.5 Å². The van der Waals surface area contributed by atoms with E-state index >= 15 is 0 Å². The van der Waals surface area contributed by atoms with Gasteiger partial charge in [0, 0.05) is 16.8 Å². The fourth-order valence-corrected chi connectivity index (χ4v) is 2.63. The molecule has 0 bridgehead atoms. The maximum Gasteiger partial charge on any atom is 0.182 e. The molecule has 114 valence electrons. The number of pyridine rings is 1. The van der Waals surface area contributed by atoms with Crippen LogP contribution in [0.1, 0.15) is 5.56 Å². The summed E-state index contributed by atoms with van der Waals surface area (Å²) in [7, 11) is 0. The predicted octanol–water partition coefficient (Wildman–Crippen LogP) is 3.52. The van der Waals surface area contributed by atoms with E-state index in [0.717, 1.165) is 16.8 Å². The Morgan fingerprint density at radius 2 is 1.62 bits per heavy atom. The molecule has 2 N–H and O–H groups in total. The first-order valence-corrected chi connectivity index (χ1v) is 7.47. The Bertz CT molecular complexity index is 1060. The summed E-state index contributed by atoms with van der Waals surface area (Å²) in [5, 5.41) is 14.0. The predicted molar refractivity (Wildman–Crippen MR) is 93.0 cm³/mol. The number of hydrogen-bond acceptors (Lipinski definition) is 4. The van der Waals surface area contributed by atoms with E-state index in [-0.39, 0.29) is 0 Å². The molecule has 4 aromatic rings. The number of nitrogen functional groups attached to an aromatic ring is 1. The Balaban J connectivity index is 1.97. The number of fused-ring (bicyclic) bond motifs is 1. The van der Waals surface area contributed by atoms with Crippen molar-refractivity contribution in [3.05, 3.63) is 72.3 Å². The number of nitrogens with two attached hydrogens (primary N) is 1. The van der Waals surface area contributed by atoms with E-state index in [1.54, 1.807) is 10.6 Å². The molecule has 2 aromatic carbocycles. The fraction of sp³-hybridized carbons (Fsp3) is 0. The minimum atomic E-state index is 0.490. The van der Waals surface area contributed by atoms with E-state index in [2.05, 4.69) is 16.2 Å². The molecular formula is C19H13N5. The second-order valence-corrected chi connectivity index (χ2v) is 5.40. The summed E-state index contributed by atoms with van der Waals surface area (Å²) in [6, 6.07) is 23.1. The topological polar surface area (TPSA) is 80.0 Å². The maximum atomic E-state index is 9.37. The molecule has 0 unspecified atom stereocenters. The van der Waals surface area contributed by atoms with Gasteiger partial charge in [-0.3, -0.25) is 0 Å². The molecule has 0 aliphatic heterocycles. The van der Waals surface area contributed by atoms with Gasteiger partial charge in [0.2, 0.25) is 0 Å². The highest BCUT2D eigenvalue weighted by Gasteiger charge is 2.14. The summed E-state index contributed by atoms with van der Waals surface area (Å²) in [6.07, 6.45) is 0. The monoisotopic (exact) mass is 311 g/mol. The molecule has 0 spiro atoms. The number of nitrogens with zero attached hydrogens (tertiary/aromatic N) is 4. The number of rotatable bonds is 2. The summed E-state index contributed by atoms with van der Waals surface area (Å²) in [4.78, 5) is 4.56. The number of benzene rings is 2. The number of nitriles is 1. The lowest BCUT2D eigenvalue weighted by Crippen LogP contribution is -1.96. The van der Waals surface area contributed by atoms with Crippen LogP contribution in [0.25, 0.3) is 28.3 Å². The zero-order chi connectivity index (χ0) is 16.5. The van der Waals surface area contributed by atoms with Crippen molar-refractivity contribution >= 4 is 11.3 Å². The molecule has 0 atom stereocenters. The van der Waals surface area contributed by atoms with Crippen LogP contribution in [0.4, 0.5) is 5.69 Å². The van der Waals surface area contributed by atoms with Crippen molar-refractivity contribution in [2.75, 3.05) is 5.73 Å². The highest BCUT2D eigenvalue weighted by atomic mass is 15.3. The van der Waals surface area contributed by atoms with Gasteiger partial charge in [-0.15, -0.1) is 5.10 Å². The first-order chi connectivity index (χ1) is 11.8. The van der Waals surface area contributed by atoms with Crippen LogP contribution in [0.2, 0.25) is 0 Å². The van der Waals surface area contributed by atoms with Crippen molar-refractivity contribution in [1.29, 1.82) is 5.26 Å². The molecular weight excluding hydrogens is 298 g/mol. The van der Waals surface area contributed by atoms with Crippen LogP contribution in [0.3, 0.4) is 0 Å². The lowest BCUT2D eigenvalue weighted by molar-refractivity contribution is 0.972. The van der Waals surface area contributed by atoms with E-state index in [1.165, 1.54) is 0 Å². The first-order valence-electron chi connectivity index (χ1n) is 7.47. The van der Waals surface area contributed by atoms with Crippen molar-refractivity contribution in [3.8, 4) is 28.7 Å². The molecule has 2 heterocycles. The van der Waals surface area contributed by atoms with Gasteiger partial charge in [0.25, 0.3) is 0 Å². The van der Waals surface area contributed by atoms with Crippen molar-refractivity contribution in [1.82, 2.24) is 14.6 Å². The number of aromatic nitrogens is 3. The van der Waals surface area contributed by atoms with E-state index in [1.807, 2.05) is 60.7 Å². The van der Waals surface area contributed by atoms with Gasteiger partial charge >= 0.3 is 0 Å². The van der Waals surface area contributed by atoms with E-state index in [9.17, 15) is 5.26 Å². The van der Waals surface area contributed by atoms with Crippen molar-refractivity contribution in [2.45, 2.75) is 0 Å². The highest BCUT2D eigenvalue weighted by molar-refractivity contribution is 5.70. The summed E-state index contributed by atoms with van der Waals surface area (Å²) < 4.78 is 1.72. The van der Waals surface area contributed by atoms with Crippen LogP contribution in [0, 0.1) is 11.3 Å². The summed E-state index contributed by atoms with van der Waals surface area (Å²) >= 11 is 0. The van der Waals surface area contributed by atoms with E-state index < -0.39 is 0 Å². The summed E-state index contributed by atoms with van der Waals surface area (Å²) in [6.45, 7) is 0. The quantitative estimate of drug-likeness (QED) is 0.574. The minimum absolute atomic E-state index is 0.490. The molecule has 0 aliphatic rings. The molecule has 4 rings (SSSR count). The molecule has 5 nitrogen and oxygen atoms in total. The molecule has 0 saturated carbocycles. The van der Waals surface area contributed by atoms with Gasteiger partial charge in [-0.05, 0) is 36.4 Å². The minimum Gasteiger partial charge on any atom is -0.399 e. The van der Waals surface area contributed by atoms with E-state index in [0.29, 0.717) is 22.7 Å². The zero-order valence-electron chi connectivity index (χ0n) is 12.7. The van der Waals surface area contributed by atoms with Crippen molar-refractivity contribution in [3.63, 3.8) is 0 Å². The number of hydrogen-bond donors (Lipinski definition) is 1. The van der Waals surface area contributed by atoms with Gasteiger partial charge in [0.1, 0.15) is 6.07 Å². The maximum absolute atomic E-state index is 9.37. The molecule has 0 radical (unpaired) electrons. The van der Waals surface area contributed by atoms with Crippen molar-refractivity contribution in [2.24, 2.45) is 0 Å². The van der Waals surface area contributed by atoms with Crippen LogP contribution >= 0.6 is 0 Å². The normalized spacial score (nSPS) is 10.6. The Morgan fingerprint density at radius 1 is 0.875 bits per heavy atom. The van der Waals surface area contributed by atoms with Gasteiger partial charge in [-0.1, -0.05) is 30.3 Å². The molecule has 0 amide bonds. The van der Waals surface area contributed by atoms with Crippen LogP contribution in [-0.4, -0.2) is 14.6 Å². The lowest BCUT2D eigenvalue weighted by atomic mass is 10.1. The van der Waals surface area contributed by atoms with Gasteiger partial charge in [-0.2, -0.15) is 5.26 Å². The molecule has 5 heteroatoms. The zero-order valence-corrected chi connectivity index (χ0v) is 12.7. The second kappa shape index (κ2) is 5.52. The van der Waals surface area contributed by atoms with Crippen LogP contribution in [-0.2, 0) is 0 Å². The van der Waals surface area contributed by atoms with E-state index in [4.69, 9.17) is 5.73 Å². The Labute approximate surface area is 138 Å². The van der Waals surface area contributed by atoms with Gasteiger partial charge < -0.3 is 5.73 Å². The van der Waals surface area contributed by atoms with Crippen LogP contribution in [0.15, 0.2) is 66.7 Å². The third-order valence-corrected chi connectivity index (χ3v) is 3.84. The smallest absolute Gasteiger partial charge is 0.182 e. The average molecular weight is 311 g/mol. The lowest BCUT2D eigenvalue weighted by Gasteiger charge is -2.04. The average Bonchev–Trinajstić information content (AvgIpc) is 3.07. The molecule has 0 fully saturated rings. The highest BCUT2D eigenvalue weighted by Crippen LogP contribution is 2.25. The largest absolute Gasteiger partial charge is 0.399 e. The first kappa shape index (κ1) is 14.0. The van der Waals surface area contributed by atoms with Crippen LogP contribution in [0.5, 0.6) is 0 Å². The van der Waals surface area contributed by atoms with Gasteiger partial charge in [0.05, 0.1) is 11.3 Å². The molecule has 2 aromatic heterocycles. The third-order valence-electron chi connectivity index (χ3n) is 3.84. The summed E-state index contributed by atoms with van der Waals surface area (Å²) in [5.41, 5.74) is 10.2. The Kier molecular flexibility index (Phi) is 3.22. The van der Waals surface area contributed by atoms with Gasteiger partial charge in [-0.25, -0.2) is 9.50 Å². The SMILES string of the molecule is N#Cc1ccc(-c2ccccc2)n2nc(-c3ccc(N)cc3)nc12. The van der Waals surface area contributed by atoms with Crippen molar-refractivity contribution < 1.29 is 0 Å².